The Kier molecular flexibility index (Phi) is 3.37. The average molecular weight is 248 g/mol. The maximum atomic E-state index is 12.4. The summed E-state index contributed by atoms with van der Waals surface area (Å²) in [6, 6.07) is 0. The van der Waals surface area contributed by atoms with E-state index in [2.05, 4.69) is 15.4 Å². The normalized spacial score (nSPS) is 18.6. The van der Waals surface area contributed by atoms with Crippen LogP contribution in [-0.2, 0) is 19.6 Å². The summed E-state index contributed by atoms with van der Waals surface area (Å²) in [6.07, 6.45) is -1.92. The summed E-state index contributed by atoms with van der Waals surface area (Å²) in [5.74, 6) is -0.214. The molecule has 0 spiro atoms. The third-order valence-electron chi connectivity index (χ3n) is 3.04. The zero-order valence-corrected chi connectivity index (χ0v) is 9.59. The van der Waals surface area contributed by atoms with Crippen LogP contribution < -0.4 is 5.32 Å². The van der Waals surface area contributed by atoms with Crippen molar-refractivity contribution in [3.05, 3.63) is 11.6 Å². The fourth-order valence-electron chi connectivity index (χ4n) is 2.06. The van der Waals surface area contributed by atoms with Crippen LogP contribution in [0.1, 0.15) is 24.5 Å². The van der Waals surface area contributed by atoms with E-state index < -0.39 is 12.0 Å². The summed E-state index contributed by atoms with van der Waals surface area (Å²) >= 11 is 0. The average Bonchev–Trinajstić information content (AvgIpc) is 2.62. The third-order valence-corrected chi connectivity index (χ3v) is 3.04. The summed E-state index contributed by atoms with van der Waals surface area (Å²) in [7, 11) is 1.51. The molecule has 1 fully saturated rings. The highest BCUT2D eigenvalue weighted by molar-refractivity contribution is 4.97. The first-order valence-corrected chi connectivity index (χ1v) is 5.64. The monoisotopic (exact) mass is 248 g/mol. The van der Waals surface area contributed by atoms with Crippen LogP contribution in [0, 0.1) is 5.92 Å². The van der Waals surface area contributed by atoms with Crippen molar-refractivity contribution in [1.29, 1.82) is 0 Å². The minimum absolute atomic E-state index is 0.403. The molecule has 96 valence electrons. The standard InChI is InChI=1S/C10H15F3N4/c1-17-8(6-7-2-4-14-5-3-7)15-9(16-17)10(11,12)13/h7,14H,2-6H2,1H3. The number of alkyl halides is 3. The first-order valence-electron chi connectivity index (χ1n) is 5.64. The van der Waals surface area contributed by atoms with Gasteiger partial charge in [0.1, 0.15) is 5.82 Å². The molecule has 2 heterocycles. The topological polar surface area (TPSA) is 42.7 Å². The molecule has 0 amide bonds. The lowest BCUT2D eigenvalue weighted by atomic mass is 9.94. The van der Waals surface area contributed by atoms with Gasteiger partial charge in [-0.05, 0) is 31.8 Å². The van der Waals surface area contributed by atoms with Crippen LogP contribution in [0.3, 0.4) is 0 Å². The molecule has 1 aromatic heterocycles. The van der Waals surface area contributed by atoms with Crippen LogP contribution in [0.2, 0.25) is 0 Å². The van der Waals surface area contributed by atoms with Crippen molar-refractivity contribution in [1.82, 2.24) is 20.1 Å². The molecule has 0 bridgehead atoms. The highest BCUT2D eigenvalue weighted by atomic mass is 19.4. The van der Waals surface area contributed by atoms with Gasteiger partial charge in [-0.25, -0.2) is 4.98 Å². The summed E-state index contributed by atoms with van der Waals surface area (Å²) in [5.41, 5.74) is 0. The van der Waals surface area contributed by atoms with Crippen molar-refractivity contribution in [2.24, 2.45) is 13.0 Å². The van der Waals surface area contributed by atoms with Gasteiger partial charge in [0.05, 0.1) is 0 Å². The maximum Gasteiger partial charge on any atom is 0.453 e. The summed E-state index contributed by atoms with van der Waals surface area (Å²) in [4.78, 5) is 3.58. The molecule has 0 radical (unpaired) electrons. The Morgan fingerprint density at radius 3 is 2.53 bits per heavy atom. The summed E-state index contributed by atoms with van der Waals surface area (Å²) in [5, 5.41) is 6.63. The van der Waals surface area contributed by atoms with Crippen molar-refractivity contribution in [3.8, 4) is 0 Å². The molecule has 4 nitrogen and oxygen atoms in total. The van der Waals surface area contributed by atoms with Crippen molar-refractivity contribution in [3.63, 3.8) is 0 Å². The van der Waals surface area contributed by atoms with Gasteiger partial charge in [0.15, 0.2) is 0 Å². The van der Waals surface area contributed by atoms with E-state index in [1.165, 1.54) is 11.7 Å². The van der Waals surface area contributed by atoms with Crippen LogP contribution in [0.5, 0.6) is 0 Å². The van der Waals surface area contributed by atoms with E-state index >= 15 is 0 Å². The lowest BCUT2D eigenvalue weighted by molar-refractivity contribution is -0.145. The van der Waals surface area contributed by atoms with Crippen LogP contribution in [0.25, 0.3) is 0 Å². The van der Waals surface area contributed by atoms with Gasteiger partial charge >= 0.3 is 6.18 Å². The number of nitrogens with one attached hydrogen (secondary N) is 1. The fourth-order valence-corrected chi connectivity index (χ4v) is 2.06. The zero-order chi connectivity index (χ0) is 12.5. The number of aromatic nitrogens is 3. The lowest BCUT2D eigenvalue weighted by Crippen LogP contribution is -2.29. The maximum absolute atomic E-state index is 12.4. The Morgan fingerprint density at radius 2 is 2.00 bits per heavy atom. The Morgan fingerprint density at radius 1 is 1.35 bits per heavy atom. The SMILES string of the molecule is Cn1nc(C(F)(F)F)nc1CC1CCNCC1. The number of rotatable bonds is 2. The third kappa shape index (κ3) is 2.96. The molecule has 1 N–H and O–H groups in total. The second kappa shape index (κ2) is 4.64. The van der Waals surface area contributed by atoms with Crippen molar-refractivity contribution in [2.45, 2.75) is 25.4 Å². The highest BCUT2D eigenvalue weighted by Crippen LogP contribution is 2.27. The quantitative estimate of drug-likeness (QED) is 0.859. The lowest BCUT2D eigenvalue weighted by Gasteiger charge is -2.21. The van der Waals surface area contributed by atoms with Gasteiger partial charge in [0.2, 0.25) is 0 Å². The van der Waals surface area contributed by atoms with E-state index in [4.69, 9.17) is 0 Å². The zero-order valence-electron chi connectivity index (χ0n) is 9.59. The Labute approximate surface area is 97.2 Å². The van der Waals surface area contributed by atoms with Gasteiger partial charge < -0.3 is 5.32 Å². The molecule has 7 heteroatoms. The molecule has 1 saturated heterocycles. The number of aryl methyl sites for hydroxylation is 1. The van der Waals surface area contributed by atoms with Gasteiger partial charge in [0, 0.05) is 13.5 Å². The summed E-state index contributed by atoms with van der Waals surface area (Å²) < 4.78 is 38.5. The minimum atomic E-state index is -4.45. The molecule has 0 aliphatic carbocycles. The van der Waals surface area contributed by atoms with Crippen LogP contribution >= 0.6 is 0 Å². The molecule has 0 saturated carbocycles. The van der Waals surface area contributed by atoms with Crippen molar-refractivity contribution in [2.75, 3.05) is 13.1 Å². The second-order valence-corrected chi connectivity index (χ2v) is 4.37. The largest absolute Gasteiger partial charge is 0.453 e. The molecule has 1 aromatic rings. The molecule has 0 atom stereocenters. The Bertz CT molecular complexity index is 379. The van der Waals surface area contributed by atoms with Crippen LogP contribution in [-0.4, -0.2) is 27.9 Å². The van der Waals surface area contributed by atoms with Crippen molar-refractivity contribution >= 4 is 0 Å². The van der Waals surface area contributed by atoms with Gasteiger partial charge in [-0.3, -0.25) is 4.68 Å². The molecular formula is C10H15F3N4. The molecule has 0 aromatic carbocycles. The molecule has 1 aliphatic rings. The number of hydrogen-bond donors (Lipinski definition) is 1. The predicted octanol–water partition coefficient (Wildman–Crippen LogP) is 1.38. The number of halogens is 3. The smallest absolute Gasteiger partial charge is 0.317 e. The van der Waals surface area contributed by atoms with Crippen LogP contribution in [0.4, 0.5) is 13.2 Å². The van der Waals surface area contributed by atoms with E-state index in [1.807, 2.05) is 0 Å². The van der Waals surface area contributed by atoms with Crippen molar-refractivity contribution < 1.29 is 13.2 Å². The highest BCUT2D eigenvalue weighted by Gasteiger charge is 2.36. The van der Waals surface area contributed by atoms with Gasteiger partial charge in [-0.1, -0.05) is 0 Å². The first kappa shape index (κ1) is 12.3. The van der Waals surface area contributed by atoms with E-state index in [-0.39, 0.29) is 0 Å². The van der Waals surface area contributed by atoms with E-state index in [9.17, 15) is 13.2 Å². The van der Waals surface area contributed by atoms with Gasteiger partial charge in [0.25, 0.3) is 5.82 Å². The molecular weight excluding hydrogens is 233 g/mol. The molecule has 1 aliphatic heterocycles. The van der Waals surface area contributed by atoms with E-state index in [0.717, 1.165) is 25.9 Å². The fraction of sp³-hybridized carbons (Fsp3) is 0.800. The number of piperidine rings is 1. The minimum Gasteiger partial charge on any atom is -0.317 e. The summed E-state index contributed by atoms with van der Waals surface area (Å²) in [6.45, 7) is 1.85. The molecule has 0 unspecified atom stereocenters. The van der Waals surface area contributed by atoms with E-state index in [1.54, 1.807) is 0 Å². The number of hydrogen-bond acceptors (Lipinski definition) is 3. The van der Waals surface area contributed by atoms with Crippen LogP contribution in [0.15, 0.2) is 0 Å². The Balaban J connectivity index is 2.07. The first-order chi connectivity index (χ1) is 7.97. The Hall–Kier alpha value is -1.11. The predicted molar refractivity (Wildman–Crippen MR) is 55.3 cm³/mol. The van der Waals surface area contributed by atoms with Gasteiger partial charge in [-0.15, -0.1) is 5.10 Å². The second-order valence-electron chi connectivity index (χ2n) is 4.37. The molecule has 2 rings (SSSR count). The molecule has 17 heavy (non-hydrogen) atoms. The van der Waals surface area contributed by atoms with E-state index in [0.29, 0.717) is 18.2 Å². The van der Waals surface area contributed by atoms with Gasteiger partial charge in [-0.2, -0.15) is 13.2 Å². The number of nitrogens with zero attached hydrogens (tertiary/aromatic N) is 3.